The third kappa shape index (κ3) is 2.79. The lowest BCUT2D eigenvalue weighted by atomic mass is 9.78. The van der Waals surface area contributed by atoms with Crippen molar-refractivity contribution >= 4 is 11.8 Å². The Bertz CT molecular complexity index is 714. The summed E-state index contributed by atoms with van der Waals surface area (Å²) in [6.45, 7) is 1.77. The highest BCUT2D eigenvalue weighted by Gasteiger charge is 2.48. The number of piperidine rings is 1. The smallest absolute Gasteiger partial charge is 0.293 e. The fraction of sp³-hybridized carbons (Fsp3) is 0.588. The molecule has 0 N–H and O–H groups in total. The van der Waals surface area contributed by atoms with Crippen molar-refractivity contribution in [2.75, 3.05) is 33.8 Å². The van der Waals surface area contributed by atoms with Crippen molar-refractivity contribution in [1.29, 1.82) is 0 Å². The molecular weight excluding hydrogens is 310 g/mol. The number of methoxy groups -OCH3 is 1. The third-order valence-corrected chi connectivity index (χ3v) is 5.17. The maximum absolute atomic E-state index is 12.6. The Labute approximate surface area is 140 Å². The van der Waals surface area contributed by atoms with E-state index in [0.29, 0.717) is 19.5 Å². The van der Waals surface area contributed by atoms with Crippen LogP contribution in [0.2, 0.25) is 0 Å². The fourth-order valence-corrected chi connectivity index (χ4v) is 3.77. The summed E-state index contributed by atoms with van der Waals surface area (Å²) in [4.78, 5) is 40.7. The van der Waals surface area contributed by atoms with E-state index in [1.807, 2.05) is 7.05 Å². The average molecular weight is 333 g/mol. The van der Waals surface area contributed by atoms with Gasteiger partial charge in [0.1, 0.15) is 6.54 Å². The molecule has 0 aromatic carbocycles. The van der Waals surface area contributed by atoms with Crippen LogP contribution < -0.4 is 10.3 Å². The normalized spacial score (nSPS) is 23.8. The molecule has 1 aromatic rings. The van der Waals surface area contributed by atoms with Crippen LogP contribution in [0.3, 0.4) is 0 Å². The van der Waals surface area contributed by atoms with Crippen LogP contribution in [-0.4, -0.2) is 60.0 Å². The predicted molar refractivity (Wildman–Crippen MR) is 87.8 cm³/mol. The van der Waals surface area contributed by atoms with Crippen LogP contribution in [-0.2, 0) is 16.1 Å². The van der Waals surface area contributed by atoms with Gasteiger partial charge >= 0.3 is 0 Å². The van der Waals surface area contributed by atoms with Crippen molar-refractivity contribution in [3.05, 3.63) is 28.7 Å². The van der Waals surface area contributed by atoms with E-state index in [9.17, 15) is 14.4 Å². The number of likely N-dealkylation sites (tertiary alicyclic amines) is 2. The Hall–Kier alpha value is -2.31. The molecule has 1 spiro atoms. The summed E-state index contributed by atoms with van der Waals surface area (Å²) in [7, 11) is 3.25. The lowest BCUT2D eigenvalue weighted by molar-refractivity contribution is -0.144. The van der Waals surface area contributed by atoms with Gasteiger partial charge in [0.15, 0.2) is 5.75 Å². The topological polar surface area (TPSA) is 71.8 Å². The first-order valence-electron chi connectivity index (χ1n) is 8.24. The van der Waals surface area contributed by atoms with E-state index in [4.69, 9.17) is 4.74 Å². The third-order valence-electron chi connectivity index (χ3n) is 5.17. The van der Waals surface area contributed by atoms with Gasteiger partial charge in [0.2, 0.25) is 11.8 Å². The first-order chi connectivity index (χ1) is 11.5. The van der Waals surface area contributed by atoms with E-state index in [2.05, 4.69) is 0 Å². The SMILES string of the molecule is COc1cccn(CC(=O)N2CC[C@]3(CCCN(C)C3=O)C2)c1=O. The number of hydrogen-bond donors (Lipinski definition) is 0. The Morgan fingerprint density at radius 1 is 1.29 bits per heavy atom. The number of hydrogen-bond acceptors (Lipinski definition) is 4. The molecule has 2 aliphatic rings. The highest BCUT2D eigenvalue weighted by atomic mass is 16.5. The van der Waals surface area contributed by atoms with E-state index in [-0.39, 0.29) is 29.7 Å². The monoisotopic (exact) mass is 333 g/mol. The number of rotatable bonds is 3. The summed E-state index contributed by atoms with van der Waals surface area (Å²) in [5.41, 5.74) is -0.752. The van der Waals surface area contributed by atoms with Gasteiger partial charge in [-0.15, -0.1) is 0 Å². The van der Waals surface area contributed by atoms with Crippen molar-refractivity contribution in [2.45, 2.75) is 25.8 Å². The molecule has 0 radical (unpaired) electrons. The van der Waals surface area contributed by atoms with Gasteiger partial charge < -0.3 is 19.1 Å². The van der Waals surface area contributed by atoms with E-state index in [0.717, 1.165) is 19.4 Å². The van der Waals surface area contributed by atoms with Gasteiger partial charge in [0, 0.05) is 32.9 Å². The molecule has 0 unspecified atom stereocenters. The molecule has 3 rings (SSSR count). The standard InChI is InChI=1S/C17H23N3O4/c1-18-8-4-6-17(16(18)23)7-10-20(12-17)14(21)11-19-9-3-5-13(24-2)15(19)22/h3,5,9H,4,6-8,10-12H2,1-2H3/t17-/m1/s1. The second-order valence-corrected chi connectivity index (χ2v) is 6.69. The van der Waals surface area contributed by atoms with Crippen LogP contribution in [0.15, 0.2) is 23.1 Å². The molecule has 2 aliphatic heterocycles. The van der Waals surface area contributed by atoms with Crippen LogP contribution >= 0.6 is 0 Å². The molecule has 1 atom stereocenters. The van der Waals surface area contributed by atoms with E-state index in [1.54, 1.807) is 28.1 Å². The minimum absolute atomic E-state index is 0.0316. The fourth-order valence-electron chi connectivity index (χ4n) is 3.77. The Kier molecular flexibility index (Phi) is 4.34. The number of pyridine rings is 1. The lowest BCUT2D eigenvalue weighted by Gasteiger charge is -2.37. The van der Waals surface area contributed by atoms with Gasteiger partial charge in [-0.25, -0.2) is 0 Å². The van der Waals surface area contributed by atoms with Crippen LogP contribution in [0, 0.1) is 5.41 Å². The predicted octanol–water partition coefficient (Wildman–Crippen LogP) is 0.328. The number of carbonyl (C=O) groups is 2. The van der Waals surface area contributed by atoms with Crippen LogP contribution in [0.4, 0.5) is 0 Å². The van der Waals surface area contributed by atoms with Crippen LogP contribution in [0.5, 0.6) is 5.75 Å². The van der Waals surface area contributed by atoms with Gasteiger partial charge in [-0.2, -0.15) is 0 Å². The highest BCUT2D eigenvalue weighted by molar-refractivity contribution is 5.85. The molecule has 2 fully saturated rings. The molecule has 2 amide bonds. The number of nitrogens with zero attached hydrogens (tertiary/aromatic N) is 3. The summed E-state index contributed by atoms with van der Waals surface area (Å²) >= 11 is 0. The van der Waals surface area contributed by atoms with Crippen molar-refractivity contribution in [1.82, 2.24) is 14.4 Å². The zero-order chi connectivity index (χ0) is 17.3. The van der Waals surface area contributed by atoms with Crippen LogP contribution in [0.1, 0.15) is 19.3 Å². The quantitative estimate of drug-likeness (QED) is 0.799. The minimum Gasteiger partial charge on any atom is -0.491 e. The lowest BCUT2D eigenvalue weighted by Crippen LogP contribution is -2.49. The summed E-state index contributed by atoms with van der Waals surface area (Å²) in [5, 5.41) is 0. The largest absolute Gasteiger partial charge is 0.491 e. The minimum atomic E-state index is -0.429. The summed E-state index contributed by atoms with van der Waals surface area (Å²) in [6, 6.07) is 3.25. The van der Waals surface area contributed by atoms with Crippen molar-refractivity contribution in [2.24, 2.45) is 5.41 Å². The van der Waals surface area contributed by atoms with E-state index >= 15 is 0 Å². The Morgan fingerprint density at radius 3 is 2.83 bits per heavy atom. The number of ether oxygens (including phenoxy) is 1. The molecule has 7 nitrogen and oxygen atoms in total. The molecule has 3 heterocycles. The van der Waals surface area contributed by atoms with Gasteiger partial charge in [0.25, 0.3) is 5.56 Å². The van der Waals surface area contributed by atoms with E-state index in [1.165, 1.54) is 11.7 Å². The number of aromatic nitrogens is 1. The Morgan fingerprint density at radius 2 is 2.08 bits per heavy atom. The molecule has 130 valence electrons. The molecule has 1 aromatic heterocycles. The summed E-state index contributed by atoms with van der Waals surface area (Å²) < 4.78 is 6.35. The molecule has 0 aliphatic carbocycles. The Balaban J connectivity index is 1.71. The number of amides is 2. The maximum Gasteiger partial charge on any atom is 0.293 e. The zero-order valence-electron chi connectivity index (χ0n) is 14.2. The maximum atomic E-state index is 12.6. The van der Waals surface area contributed by atoms with Gasteiger partial charge in [0.05, 0.1) is 12.5 Å². The second kappa shape index (κ2) is 6.30. The average Bonchev–Trinajstić information content (AvgIpc) is 3.00. The van der Waals surface area contributed by atoms with Gasteiger partial charge in [-0.3, -0.25) is 14.4 Å². The van der Waals surface area contributed by atoms with Crippen LogP contribution in [0.25, 0.3) is 0 Å². The zero-order valence-corrected chi connectivity index (χ0v) is 14.2. The molecular formula is C17H23N3O4. The molecule has 0 bridgehead atoms. The van der Waals surface area contributed by atoms with Gasteiger partial charge in [-0.05, 0) is 31.4 Å². The molecule has 7 heteroatoms. The molecule has 2 saturated heterocycles. The van der Waals surface area contributed by atoms with Gasteiger partial charge in [-0.1, -0.05) is 0 Å². The first kappa shape index (κ1) is 16.5. The highest BCUT2D eigenvalue weighted by Crippen LogP contribution is 2.39. The second-order valence-electron chi connectivity index (χ2n) is 6.69. The molecule has 0 saturated carbocycles. The number of carbonyl (C=O) groups excluding carboxylic acids is 2. The summed E-state index contributed by atoms with van der Waals surface area (Å²) in [6.07, 6.45) is 4.09. The van der Waals surface area contributed by atoms with Crippen molar-refractivity contribution < 1.29 is 14.3 Å². The first-order valence-corrected chi connectivity index (χ1v) is 8.24. The van der Waals surface area contributed by atoms with Crippen molar-refractivity contribution in [3.63, 3.8) is 0 Å². The van der Waals surface area contributed by atoms with Crippen molar-refractivity contribution in [3.8, 4) is 5.75 Å². The summed E-state index contributed by atoms with van der Waals surface area (Å²) in [5.74, 6) is 0.220. The molecule has 24 heavy (non-hydrogen) atoms. The van der Waals surface area contributed by atoms with E-state index < -0.39 is 5.41 Å².